The number of hydrogen-bond donors (Lipinski definition) is 1. The number of carbonyl (C=O) groups is 2. The zero-order valence-corrected chi connectivity index (χ0v) is 19.5. The van der Waals surface area contributed by atoms with E-state index in [1.165, 1.54) is 27.4 Å². The number of rotatable bonds is 7. The lowest BCUT2D eigenvalue weighted by Crippen LogP contribution is -2.18. The van der Waals surface area contributed by atoms with Gasteiger partial charge in [0.05, 0.1) is 42.1 Å². The predicted molar refractivity (Wildman–Crippen MR) is 131 cm³/mol. The summed E-state index contributed by atoms with van der Waals surface area (Å²) in [6.07, 6.45) is 1.45. The minimum Gasteiger partial charge on any atom is -0.493 e. The van der Waals surface area contributed by atoms with E-state index in [9.17, 15) is 9.59 Å². The van der Waals surface area contributed by atoms with Crippen LogP contribution in [0.25, 0.3) is 21.5 Å². The Bertz CT molecular complexity index is 1360. The summed E-state index contributed by atoms with van der Waals surface area (Å²) >= 11 is 1.55. The fourth-order valence-electron chi connectivity index (χ4n) is 3.36. The number of amides is 1. The van der Waals surface area contributed by atoms with E-state index in [1.54, 1.807) is 29.5 Å². The number of thiophene rings is 1. The lowest BCUT2D eigenvalue weighted by molar-refractivity contribution is -0.132. The summed E-state index contributed by atoms with van der Waals surface area (Å²) in [6.45, 7) is 1.29. The normalized spacial score (nSPS) is 10.9. The summed E-state index contributed by atoms with van der Waals surface area (Å²) in [6, 6.07) is 16.4. The van der Waals surface area contributed by atoms with Crippen molar-refractivity contribution >= 4 is 40.3 Å². The first-order valence-electron chi connectivity index (χ1n) is 10.2. The minimum atomic E-state index is -0.503. The second-order valence-electron chi connectivity index (χ2n) is 7.10. The number of pyridine rings is 1. The molecule has 172 valence electrons. The summed E-state index contributed by atoms with van der Waals surface area (Å²) in [5.41, 5.74) is 5.05. The number of aromatic nitrogens is 1. The summed E-state index contributed by atoms with van der Waals surface area (Å²) in [5, 5.41) is 6.79. The maximum absolute atomic E-state index is 13.0. The Labute approximate surface area is 199 Å². The van der Waals surface area contributed by atoms with E-state index in [1.807, 2.05) is 41.8 Å². The van der Waals surface area contributed by atoms with Crippen molar-refractivity contribution in [2.24, 2.45) is 5.10 Å². The van der Waals surface area contributed by atoms with Gasteiger partial charge >= 0.3 is 5.97 Å². The van der Waals surface area contributed by atoms with Crippen LogP contribution in [0.2, 0.25) is 0 Å². The van der Waals surface area contributed by atoms with E-state index in [4.69, 9.17) is 14.2 Å². The van der Waals surface area contributed by atoms with Crippen LogP contribution in [-0.2, 0) is 4.79 Å². The first-order chi connectivity index (χ1) is 16.5. The van der Waals surface area contributed by atoms with Crippen molar-refractivity contribution in [1.29, 1.82) is 0 Å². The zero-order valence-electron chi connectivity index (χ0n) is 18.7. The van der Waals surface area contributed by atoms with Crippen LogP contribution >= 0.6 is 11.3 Å². The van der Waals surface area contributed by atoms with E-state index in [0.29, 0.717) is 22.6 Å². The Hall–Kier alpha value is -4.24. The van der Waals surface area contributed by atoms with Crippen molar-refractivity contribution in [3.8, 4) is 27.8 Å². The summed E-state index contributed by atoms with van der Waals surface area (Å²) < 4.78 is 15.8. The van der Waals surface area contributed by atoms with Crippen molar-refractivity contribution in [3.63, 3.8) is 0 Å². The maximum Gasteiger partial charge on any atom is 0.308 e. The molecule has 0 atom stereocenters. The number of nitrogens with one attached hydrogen (secondary N) is 1. The van der Waals surface area contributed by atoms with Gasteiger partial charge in [-0.2, -0.15) is 5.10 Å². The third-order valence-electron chi connectivity index (χ3n) is 4.84. The quantitative estimate of drug-likeness (QED) is 0.181. The molecular weight excluding hydrogens is 454 g/mol. The number of ether oxygens (including phenoxy) is 3. The largest absolute Gasteiger partial charge is 0.493 e. The number of methoxy groups -OCH3 is 2. The molecule has 0 aliphatic heterocycles. The number of fused-ring (bicyclic) bond motifs is 1. The summed E-state index contributed by atoms with van der Waals surface area (Å²) in [4.78, 5) is 30.1. The Morgan fingerprint density at radius 3 is 2.41 bits per heavy atom. The van der Waals surface area contributed by atoms with Gasteiger partial charge < -0.3 is 14.2 Å². The highest BCUT2D eigenvalue weighted by molar-refractivity contribution is 7.13. The molecule has 2 heterocycles. The van der Waals surface area contributed by atoms with E-state index < -0.39 is 5.97 Å². The molecule has 4 rings (SSSR count). The summed E-state index contributed by atoms with van der Waals surface area (Å²) in [7, 11) is 2.90. The van der Waals surface area contributed by atoms with Gasteiger partial charge in [0, 0.05) is 17.9 Å². The molecule has 0 aliphatic carbocycles. The van der Waals surface area contributed by atoms with E-state index in [0.717, 1.165) is 21.5 Å². The zero-order chi connectivity index (χ0) is 24.1. The number of hydrazone groups is 1. The first-order valence-corrected chi connectivity index (χ1v) is 11.1. The van der Waals surface area contributed by atoms with Gasteiger partial charge in [-0.05, 0) is 35.7 Å². The number of esters is 1. The fraction of sp³-hybridized carbons (Fsp3) is 0.120. The van der Waals surface area contributed by atoms with Crippen LogP contribution in [0, 0.1) is 0 Å². The second-order valence-corrected chi connectivity index (χ2v) is 8.04. The SMILES string of the molecule is COc1cc(/C=N/NC(=O)c2cc(-c3cccs3)nc3ccccc23)cc(OC)c1OC(C)=O. The van der Waals surface area contributed by atoms with Crippen molar-refractivity contribution in [2.45, 2.75) is 6.92 Å². The number of benzene rings is 2. The third-order valence-corrected chi connectivity index (χ3v) is 5.74. The fourth-order valence-corrected chi connectivity index (χ4v) is 4.04. The Morgan fingerprint density at radius 1 is 1.03 bits per heavy atom. The standard InChI is InChI=1S/C25H21N3O5S/c1-15(29)33-24-21(31-2)11-16(12-22(24)32-3)14-26-28-25(30)18-13-20(23-9-6-10-34-23)27-19-8-5-4-7-17(18)19/h4-14H,1-3H3,(H,28,30)/b26-14+. The van der Waals surface area contributed by atoms with Crippen molar-refractivity contribution in [2.75, 3.05) is 14.2 Å². The van der Waals surface area contributed by atoms with Crippen LogP contribution in [-0.4, -0.2) is 37.3 Å². The van der Waals surface area contributed by atoms with Crippen LogP contribution < -0.4 is 19.6 Å². The van der Waals surface area contributed by atoms with E-state index in [-0.39, 0.29) is 11.7 Å². The van der Waals surface area contributed by atoms with Crippen LogP contribution in [0.5, 0.6) is 17.2 Å². The average molecular weight is 476 g/mol. The molecule has 34 heavy (non-hydrogen) atoms. The molecule has 2 aromatic heterocycles. The van der Waals surface area contributed by atoms with Crippen LogP contribution in [0.4, 0.5) is 0 Å². The van der Waals surface area contributed by atoms with E-state index >= 15 is 0 Å². The Morgan fingerprint density at radius 2 is 1.76 bits per heavy atom. The molecule has 9 heteroatoms. The molecular formula is C25H21N3O5S. The van der Waals surface area contributed by atoms with Gasteiger partial charge in [0.2, 0.25) is 5.75 Å². The smallest absolute Gasteiger partial charge is 0.308 e. The molecule has 0 radical (unpaired) electrons. The highest BCUT2D eigenvalue weighted by Gasteiger charge is 2.16. The molecule has 0 saturated carbocycles. The van der Waals surface area contributed by atoms with Crippen LogP contribution in [0.1, 0.15) is 22.8 Å². The third kappa shape index (κ3) is 4.89. The average Bonchev–Trinajstić information content (AvgIpc) is 3.38. The van der Waals surface area contributed by atoms with Gasteiger partial charge in [0.1, 0.15) is 0 Å². The molecule has 0 fully saturated rings. The van der Waals surface area contributed by atoms with Crippen LogP contribution in [0.15, 0.2) is 65.1 Å². The second kappa shape index (κ2) is 10.1. The predicted octanol–water partition coefficient (Wildman–Crippen LogP) is 4.67. The van der Waals surface area contributed by atoms with Gasteiger partial charge in [-0.3, -0.25) is 9.59 Å². The highest BCUT2D eigenvalue weighted by atomic mass is 32.1. The molecule has 2 aromatic carbocycles. The first kappa shape index (κ1) is 22.9. The molecule has 0 unspecified atom stereocenters. The van der Waals surface area contributed by atoms with Crippen molar-refractivity contribution in [1.82, 2.24) is 10.4 Å². The number of para-hydroxylation sites is 1. The van der Waals surface area contributed by atoms with Gasteiger partial charge in [-0.25, -0.2) is 10.4 Å². The molecule has 8 nitrogen and oxygen atoms in total. The van der Waals surface area contributed by atoms with Gasteiger partial charge in [-0.15, -0.1) is 11.3 Å². The number of nitrogens with zero attached hydrogens (tertiary/aromatic N) is 2. The molecule has 0 saturated heterocycles. The minimum absolute atomic E-state index is 0.169. The van der Waals surface area contributed by atoms with Crippen molar-refractivity contribution in [3.05, 3.63) is 71.1 Å². The molecule has 0 bridgehead atoms. The monoisotopic (exact) mass is 475 g/mol. The van der Waals surface area contributed by atoms with Gasteiger partial charge in [0.15, 0.2) is 11.5 Å². The molecule has 4 aromatic rings. The van der Waals surface area contributed by atoms with Crippen LogP contribution in [0.3, 0.4) is 0 Å². The molecule has 1 amide bonds. The molecule has 0 aliphatic rings. The lowest BCUT2D eigenvalue weighted by atomic mass is 10.1. The molecule has 0 spiro atoms. The number of hydrogen-bond acceptors (Lipinski definition) is 8. The number of carbonyl (C=O) groups excluding carboxylic acids is 2. The highest BCUT2D eigenvalue weighted by Crippen LogP contribution is 2.38. The van der Waals surface area contributed by atoms with Crippen molar-refractivity contribution < 1.29 is 23.8 Å². The van der Waals surface area contributed by atoms with Gasteiger partial charge in [-0.1, -0.05) is 24.3 Å². The maximum atomic E-state index is 13.0. The van der Waals surface area contributed by atoms with E-state index in [2.05, 4.69) is 15.5 Å². The Kier molecular flexibility index (Phi) is 6.84. The topological polar surface area (TPSA) is 99.1 Å². The lowest BCUT2D eigenvalue weighted by Gasteiger charge is -2.13. The van der Waals surface area contributed by atoms with Gasteiger partial charge in [0.25, 0.3) is 5.91 Å². The Balaban J connectivity index is 1.62. The summed E-state index contributed by atoms with van der Waals surface area (Å²) in [5.74, 6) is -0.117. The molecule has 1 N–H and O–H groups in total.